The molecule has 4 aromatic carbocycles. The minimum atomic E-state index is -3.02. The van der Waals surface area contributed by atoms with Crippen LogP contribution in [0, 0.1) is 0 Å². The molecule has 1 fully saturated rings. The van der Waals surface area contributed by atoms with Crippen LogP contribution in [0.1, 0.15) is 41.2 Å². The fraction of sp³-hybridized carbons (Fsp3) is 0.229. The number of carboxylic acids is 1. The number of amides is 1. The molecule has 3 N–H and O–H groups in total. The molecule has 0 radical (unpaired) electrons. The lowest BCUT2D eigenvalue weighted by Crippen LogP contribution is -2.39. The highest BCUT2D eigenvalue weighted by atomic mass is 19.3. The van der Waals surface area contributed by atoms with Crippen LogP contribution in [0.3, 0.4) is 0 Å². The minimum absolute atomic E-state index is 0.129. The largest absolute Gasteiger partial charge is 0.480 e. The van der Waals surface area contributed by atoms with Gasteiger partial charge < -0.3 is 20.3 Å². The number of para-hydroxylation sites is 1. The first kappa shape index (κ1) is 31.5. The smallest absolute Gasteiger partial charge is 0.387 e. The molecule has 1 heterocycles. The summed E-state index contributed by atoms with van der Waals surface area (Å²) in [6.07, 6.45) is -0.0281. The SMILES string of the molecule is O=C(O)[C@H](N=C(c1ccccc1)c1ccccc1NC(=O)[C@@H]1CCCN1Cc1ccccc1)[C@H](O)c1ccc(OC(F)F)cc1. The quantitative estimate of drug-likeness (QED) is 0.171. The Balaban J connectivity index is 1.46. The van der Waals surface area contributed by atoms with Gasteiger partial charge in [0.25, 0.3) is 0 Å². The molecule has 5 rings (SSSR count). The van der Waals surface area contributed by atoms with E-state index in [1.165, 1.54) is 24.3 Å². The third kappa shape index (κ3) is 7.97. The van der Waals surface area contributed by atoms with Crippen LogP contribution in [0.15, 0.2) is 114 Å². The number of anilines is 1. The number of ether oxygens (including phenoxy) is 1. The minimum Gasteiger partial charge on any atom is -0.480 e. The summed E-state index contributed by atoms with van der Waals surface area (Å²) in [6.45, 7) is -1.59. The van der Waals surface area contributed by atoms with Gasteiger partial charge in [-0.25, -0.2) is 4.79 Å². The van der Waals surface area contributed by atoms with E-state index in [-0.39, 0.29) is 29.0 Å². The van der Waals surface area contributed by atoms with Gasteiger partial charge in [-0.15, -0.1) is 0 Å². The molecular weight excluding hydrogens is 580 g/mol. The topological polar surface area (TPSA) is 111 Å². The van der Waals surface area contributed by atoms with Gasteiger partial charge in [0.15, 0.2) is 6.04 Å². The molecule has 1 aliphatic heterocycles. The van der Waals surface area contributed by atoms with Crippen molar-refractivity contribution in [3.63, 3.8) is 0 Å². The Hall–Kier alpha value is -4.93. The highest BCUT2D eigenvalue weighted by Gasteiger charge is 2.32. The third-order valence-corrected chi connectivity index (χ3v) is 7.65. The number of aliphatic hydroxyl groups is 1. The van der Waals surface area contributed by atoms with E-state index in [1.807, 2.05) is 36.4 Å². The van der Waals surface area contributed by atoms with Gasteiger partial charge in [-0.3, -0.25) is 14.7 Å². The summed E-state index contributed by atoms with van der Waals surface area (Å²) in [5.41, 5.74) is 3.02. The van der Waals surface area contributed by atoms with E-state index >= 15 is 0 Å². The molecule has 8 nitrogen and oxygen atoms in total. The summed E-state index contributed by atoms with van der Waals surface area (Å²) in [7, 11) is 0. The maximum atomic E-state index is 13.7. The molecular formula is C35H33F2N3O5. The number of rotatable bonds is 12. The van der Waals surface area contributed by atoms with E-state index in [9.17, 15) is 28.6 Å². The summed E-state index contributed by atoms with van der Waals surface area (Å²) in [4.78, 5) is 32.8. The Morgan fingerprint density at radius 3 is 2.22 bits per heavy atom. The third-order valence-electron chi connectivity index (χ3n) is 7.65. The van der Waals surface area contributed by atoms with Crippen LogP contribution in [-0.4, -0.2) is 57.9 Å². The Bertz CT molecular complexity index is 1620. The van der Waals surface area contributed by atoms with Crippen LogP contribution in [-0.2, 0) is 16.1 Å². The van der Waals surface area contributed by atoms with Crippen molar-refractivity contribution in [2.75, 3.05) is 11.9 Å². The zero-order valence-electron chi connectivity index (χ0n) is 24.3. The summed E-state index contributed by atoms with van der Waals surface area (Å²) >= 11 is 0. The lowest BCUT2D eigenvalue weighted by molar-refractivity contribution is -0.141. The lowest BCUT2D eigenvalue weighted by atomic mass is 9.98. The Morgan fingerprint density at radius 1 is 0.911 bits per heavy atom. The predicted molar refractivity (Wildman–Crippen MR) is 166 cm³/mol. The molecule has 4 aromatic rings. The van der Waals surface area contributed by atoms with E-state index < -0.39 is 24.7 Å². The molecule has 3 atom stereocenters. The maximum absolute atomic E-state index is 13.7. The maximum Gasteiger partial charge on any atom is 0.387 e. The number of carbonyl (C=O) groups excluding carboxylic acids is 1. The predicted octanol–water partition coefficient (Wildman–Crippen LogP) is 5.92. The highest BCUT2D eigenvalue weighted by Crippen LogP contribution is 2.28. The number of benzene rings is 4. The number of carbonyl (C=O) groups is 2. The van der Waals surface area contributed by atoms with Crippen molar-refractivity contribution in [1.29, 1.82) is 0 Å². The van der Waals surface area contributed by atoms with E-state index in [0.29, 0.717) is 29.8 Å². The van der Waals surface area contributed by atoms with Crippen molar-refractivity contribution in [2.45, 2.75) is 44.2 Å². The molecule has 1 saturated heterocycles. The zero-order valence-corrected chi connectivity index (χ0v) is 24.3. The Labute approximate surface area is 259 Å². The Morgan fingerprint density at radius 2 is 1.56 bits per heavy atom. The molecule has 10 heteroatoms. The molecule has 1 aliphatic rings. The fourth-order valence-electron chi connectivity index (χ4n) is 5.47. The number of hydrogen-bond acceptors (Lipinski definition) is 6. The molecule has 232 valence electrons. The van der Waals surface area contributed by atoms with Crippen LogP contribution in [0.25, 0.3) is 0 Å². The number of aliphatic imine (C=N–C) groups is 1. The summed E-state index contributed by atoms with van der Waals surface area (Å²) in [6, 6.07) is 28.9. The second-order valence-corrected chi connectivity index (χ2v) is 10.7. The number of alkyl halides is 2. The molecule has 0 bridgehead atoms. The number of carboxylic acid groups (broad SMARTS) is 1. The Kier molecular flexibility index (Phi) is 10.3. The summed E-state index contributed by atoms with van der Waals surface area (Å²) in [5.74, 6) is -1.70. The van der Waals surface area contributed by atoms with Crippen molar-refractivity contribution in [3.05, 3.63) is 131 Å². The molecule has 0 aliphatic carbocycles. The van der Waals surface area contributed by atoms with Crippen molar-refractivity contribution in [2.24, 2.45) is 4.99 Å². The van der Waals surface area contributed by atoms with Crippen LogP contribution >= 0.6 is 0 Å². The van der Waals surface area contributed by atoms with Crippen LogP contribution in [0.2, 0.25) is 0 Å². The van der Waals surface area contributed by atoms with Gasteiger partial charge in [0, 0.05) is 17.7 Å². The van der Waals surface area contributed by atoms with Crippen molar-refractivity contribution < 1.29 is 33.3 Å². The summed E-state index contributed by atoms with van der Waals surface area (Å²) in [5, 5.41) is 24.3. The van der Waals surface area contributed by atoms with E-state index in [4.69, 9.17) is 0 Å². The van der Waals surface area contributed by atoms with E-state index in [1.54, 1.807) is 48.5 Å². The van der Waals surface area contributed by atoms with Crippen molar-refractivity contribution >= 4 is 23.3 Å². The summed E-state index contributed by atoms with van der Waals surface area (Å²) < 4.78 is 29.5. The standard InChI is InChI=1S/C35H33F2N3O5/c36-35(37)45-26-19-17-25(18-20-26)32(41)31(34(43)44)39-30(24-12-5-2-6-13-24)27-14-7-8-15-28(27)38-33(42)29-16-9-21-40(29)22-23-10-3-1-4-11-23/h1-8,10-15,17-20,29,31-32,35,41H,9,16,21-22H2,(H,38,42)(H,43,44)/t29-,31+,32+/m0/s1. The molecule has 0 spiro atoms. The van der Waals surface area contributed by atoms with Gasteiger partial charge in [0.2, 0.25) is 5.91 Å². The number of nitrogens with one attached hydrogen (secondary N) is 1. The second-order valence-electron chi connectivity index (χ2n) is 10.7. The van der Waals surface area contributed by atoms with E-state index in [0.717, 1.165) is 18.5 Å². The van der Waals surface area contributed by atoms with Crippen LogP contribution in [0.4, 0.5) is 14.5 Å². The van der Waals surface area contributed by atoms with Gasteiger partial charge in [-0.2, -0.15) is 8.78 Å². The average Bonchev–Trinajstić information content (AvgIpc) is 3.51. The second kappa shape index (κ2) is 14.7. The van der Waals surface area contributed by atoms with Gasteiger partial charge in [-0.05, 0) is 48.7 Å². The van der Waals surface area contributed by atoms with Crippen molar-refractivity contribution in [3.8, 4) is 5.75 Å². The number of hydrogen-bond donors (Lipinski definition) is 3. The molecule has 0 aromatic heterocycles. The fourth-order valence-corrected chi connectivity index (χ4v) is 5.47. The normalized spacial score (nSPS) is 16.7. The van der Waals surface area contributed by atoms with Crippen LogP contribution < -0.4 is 10.1 Å². The molecule has 0 unspecified atom stereocenters. The lowest BCUT2D eigenvalue weighted by Gasteiger charge is -2.24. The number of nitrogens with zero attached hydrogens (tertiary/aromatic N) is 2. The number of aliphatic hydroxyl groups excluding tert-OH is 1. The molecule has 0 saturated carbocycles. The average molecular weight is 614 g/mol. The number of halogens is 2. The van der Waals surface area contributed by atoms with Crippen molar-refractivity contribution in [1.82, 2.24) is 4.90 Å². The zero-order chi connectivity index (χ0) is 31.8. The highest BCUT2D eigenvalue weighted by molar-refractivity contribution is 6.17. The molecule has 45 heavy (non-hydrogen) atoms. The molecule has 1 amide bonds. The first-order chi connectivity index (χ1) is 21.8. The van der Waals surface area contributed by atoms with Gasteiger partial charge in [0.05, 0.1) is 17.4 Å². The number of aliphatic carboxylic acids is 1. The first-order valence-corrected chi connectivity index (χ1v) is 14.6. The van der Waals surface area contributed by atoms with Gasteiger partial charge in [0.1, 0.15) is 11.9 Å². The van der Waals surface area contributed by atoms with Gasteiger partial charge >= 0.3 is 12.6 Å². The van der Waals surface area contributed by atoms with Gasteiger partial charge in [-0.1, -0.05) is 91.0 Å². The number of likely N-dealkylation sites (tertiary alicyclic amines) is 1. The van der Waals surface area contributed by atoms with E-state index in [2.05, 4.69) is 19.9 Å². The van der Waals surface area contributed by atoms with Crippen LogP contribution in [0.5, 0.6) is 5.75 Å². The monoisotopic (exact) mass is 613 g/mol. The first-order valence-electron chi connectivity index (χ1n) is 14.6.